The summed E-state index contributed by atoms with van der Waals surface area (Å²) in [5.74, 6) is 0. The Balaban J connectivity index is 0.00000169. The summed E-state index contributed by atoms with van der Waals surface area (Å²) in [6.07, 6.45) is -5.13. The van der Waals surface area contributed by atoms with Crippen LogP contribution in [0.3, 0.4) is 0 Å². The minimum Gasteiger partial charge on any atom is -0.323 e. The average molecular weight is 246 g/mol. The van der Waals surface area contributed by atoms with E-state index in [1.165, 1.54) is 11.3 Å². The number of rotatable bonds is 2. The second kappa shape index (κ2) is 5.00. The fourth-order valence-electron chi connectivity index (χ4n) is 1.11. The molecule has 1 aromatic rings. The van der Waals surface area contributed by atoms with Gasteiger partial charge in [0.25, 0.3) is 0 Å². The highest BCUT2D eigenvalue weighted by atomic mass is 35.5. The lowest BCUT2D eigenvalue weighted by Gasteiger charge is -2.13. The standard InChI is InChI=1S/C8H10F3NS.ClH/c1-5-2-3-13-7(5)6(12)4-8(9,10)11;/h2-3,6H,4,12H2,1H3;1H/t6-;/m1./s1. The third-order valence-corrected chi connectivity index (χ3v) is 2.84. The van der Waals surface area contributed by atoms with Crippen molar-refractivity contribution in [2.75, 3.05) is 0 Å². The van der Waals surface area contributed by atoms with Crippen molar-refractivity contribution in [3.8, 4) is 0 Å². The molecule has 0 saturated carbocycles. The molecule has 1 nitrogen and oxygen atoms in total. The molecule has 0 aliphatic heterocycles. The van der Waals surface area contributed by atoms with Gasteiger partial charge in [-0.2, -0.15) is 13.2 Å². The van der Waals surface area contributed by atoms with Crippen LogP contribution in [0.25, 0.3) is 0 Å². The van der Waals surface area contributed by atoms with Crippen molar-refractivity contribution in [3.05, 3.63) is 21.9 Å². The molecule has 0 fully saturated rings. The summed E-state index contributed by atoms with van der Waals surface area (Å²) in [6.45, 7) is 1.77. The average Bonchev–Trinajstić information content (AvgIpc) is 2.30. The Labute approximate surface area is 90.5 Å². The summed E-state index contributed by atoms with van der Waals surface area (Å²) in [4.78, 5) is 0.623. The molecule has 6 heteroatoms. The van der Waals surface area contributed by atoms with Gasteiger partial charge in [-0.1, -0.05) is 0 Å². The summed E-state index contributed by atoms with van der Waals surface area (Å²) in [6, 6.07) is 0.857. The Kier molecular flexibility index (Phi) is 4.91. The molecule has 0 saturated heterocycles. The monoisotopic (exact) mass is 245 g/mol. The van der Waals surface area contributed by atoms with Crippen LogP contribution in [0.2, 0.25) is 0 Å². The maximum atomic E-state index is 12.0. The molecule has 0 aliphatic rings. The van der Waals surface area contributed by atoms with Crippen molar-refractivity contribution >= 4 is 23.7 Å². The van der Waals surface area contributed by atoms with E-state index in [0.717, 1.165) is 5.56 Å². The van der Waals surface area contributed by atoms with E-state index < -0.39 is 18.6 Å². The number of alkyl halides is 3. The van der Waals surface area contributed by atoms with Crippen LogP contribution in [0.15, 0.2) is 11.4 Å². The third-order valence-electron chi connectivity index (χ3n) is 1.69. The Morgan fingerprint density at radius 1 is 1.50 bits per heavy atom. The highest BCUT2D eigenvalue weighted by Crippen LogP contribution is 2.31. The van der Waals surface area contributed by atoms with Crippen LogP contribution in [0.5, 0.6) is 0 Å². The summed E-state index contributed by atoms with van der Waals surface area (Å²) in [5.41, 5.74) is 6.25. The highest BCUT2D eigenvalue weighted by Gasteiger charge is 2.31. The Hall–Kier alpha value is -0.260. The maximum Gasteiger partial charge on any atom is 0.390 e. The lowest BCUT2D eigenvalue weighted by molar-refractivity contribution is -0.138. The smallest absolute Gasteiger partial charge is 0.323 e. The van der Waals surface area contributed by atoms with Crippen molar-refractivity contribution in [1.29, 1.82) is 0 Å². The van der Waals surface area contributed by atoms with Gasteiger partial charge in [-0.25, -0.2) is 0 Å². The van der Waals surface area contributed by atoms with Gasteiger partial charge in [0.15, 0.2) is 0 Å². The minimum absolute atomic E-state index is 0. The van der Waals surface area contributed by atoms with Crippen molar-refractivity contribution in [2.45, 2.75) is 25.6 Å². The fourth-order valence-corrected chi connectivity index (χ4v) is 2.04. The SMILES string of the molecule is Cc1ccsc1[C@H](N)CC(F)(F)F.Cl. The predicted molar refractivity (Wildman–Crippen MR) is 53.9 cm³/mol. The zero-order valence-electron chi connectivity index (χ0n) is 7.47. The van der Waals surface area contributed by atoms with Gasteiger partial charge < -0.3 is 5.73 Å². The van der Waals surface area contributed by atoms with Crippen molar-refractivity contribution < 1.29 is 13.2 Å². The molecule has 1 aromatic heterocycles. The lowest BCUT2D eigenvalue weighted by atomic mass is 10.1. The molecule has 0 unspecified atom stereocenters. The van der Waals surface area contributed by atoms with Crippen LogP contribution >= 0.6 is 23.7 Å². The first-order valence-electron chi connectivity index (χ1n) is 3.76. The number of hydrogen-bond acceptors (Lipinski definition) is 2. The Morgan fingerprint density at radius 2 is 2.07 bits per heavy atom. The van der Waals surface area contributed by atoms with Gasteiger partial charge >= 0.3 is 6.18 Å². The van der Waals surface area contributed by atoms with Gasteiger partial charge in [-0.15, -0.1) is 23.7 Å². The molecule has 14 heavy (non-hydrogen) atoms. The van der Waals surface area contributed by atoms with Gasteiger partial charge in [0.05, 0.1) is 6.42 Å². The molecule has 1 rings (SSSR count). The Bertz CT molecular complexity index is 284. The molecule has 1 atom stereocenters. The number of nitrogens with two attached hydrogens (primary N) is 1. The van der Waals surface area contributed by atoms with Gasteiger partial charge in [-0.3, -0.25) is 0 Å². The highest BCUT2D eigenvalue weighted by molar-refractivity contribution is 7.10. The zero-order chi connectivity index (χ0) is 10.1. The minimum atomic E-state index is -4.18. The summed E-state index contributed by atoms with van der Waals surface area (Å²) in [5, 5.41) is 1.75. The number of aryl methyl sites for hydroxylation is 1. The predicted octanol–water partition coefficient (Wildman–Crippen LogP) is 3.43. The van der Waals surface area contributed by atoms with E-state index in [1.54, 1.807) is 18.4 Å². The van der Waals surface area contributed by atoms with Crippen LogP contribution < -0.4 is 5.73 Å². The second-order valence-corrected chi connectivity index (χ2v) is 3.84. The zero-order valence-corrected chi connectivity index (χ0v) is 9.10. The number of hydrogen-bond donors (Lipinski definition) is 1. The number of thiophene rings is 1. The van der Waals surface area contributed by atoms with Crippen LogP contribution in [0.4, 0.5) is 13.2 Å². The van der Waals surface area contributed by atoms with Gasteiger partial charge in [-0.05, 0) is 23.9 Å². The molecule has 1 heterocycles. The first-order valence-corrected chi connectivity index (χ1v) is 4.64. The van der Waals surface area contributed by atoms with Crippen LogP contribution in [-0.2, 0) is 0 Å². The molecular weight excluding hydrogens is 235 g/mol. The topological polar surface area (TPSA) is 26.0 Å². The normalized spacial score (nSPS) is 13.5. The van der Waals surface area contributed by atoms with Crippen molar-refractivity contribution in [3.63, 3.8) is 0 Å². The molecule has 0 bridgehead atoms. The van der Waals surface area contributed by atoms with E-state index in [0.29, 0.717) is 4.88 Å². The van der Waals surface area contributed by atoms with E-state index in [-0.39, 0.29) is 12.4 Å². The van der Waals surface area contributed by atoms with Gasteiger partial charge in [0.1, 0.15) is 0 Å². The van der Waals surface area contributed by atoms with Crippen LogP contribution in [0, 0.1) is 6.92 Å². The second-order valence-electron chi connectivity index (χ2n) is 2.89. The summed E-state index contributed by atoms with van der Waals surface area (Å²) in [7, 11) is 0. The van der Waals surface area contributed by atoms with Crippen molar-refractivity contribution in [1.82, 2.24) is 0 Å². The lowest BCUT2D eigenvalue weighted by Crippen LogP contribution is -2.19. The van der Waals surface area contributed by atoms with Gasteiger partial charge in [0, 0.05) is 10.9 Å². The molecule has 82 valence electrons. The molecule has 0 amide bonds. The van der Waals surface area contributed by atoms with E-state index >= 15 is 0 Å². The largest absolute Gasteiger partial charge is 0.390 e. The first-order chi connectivity index (χ1) is 5.90. The quantitative estimate of drug-likeness (QED) is 0.849. The van der Waals surface area contributed by atoms with E-state index in [2.05, 4.69) is 0 Å². The van der Waals surface area contributed by atoms with E-state index in [9.17, 15) is 13.2 Å². The number of halogens is 4. The van der Waals surface area contributed by atoms with E-state index in [1.807, 2.05) is 0 Å². The molecule has 0 aliphatic carbocycles. The third kappa shape index (κ3) is 3.86. The van der Waals surface area contributed by atoms with Crippen LogP contribution in [0.1, 0.15) is 22.9 Å². The summed E-state index contributed by atoms with van der Waals surface area (Å²) >= 11 is 1.27. The maximum absolute atomic E-state index is 12.0. The molecule has 0 spiro atoms. The van der Waals surface area contributed by atoms with Crippen molar-refractivity contribution in [2.24, 2.45) is 5.73 Å². The van der Waals surface area contributed by atoms with Crippen LogP contribution in [-0.4, -0.2) is 6.18 Å². The summed E-state index contributed by atoms with van der Waals surface area (Å²) < 4.78 is 35.9. The fraction of sp³-hybridized carbons (Fsp3) is 0.500. The Morgan fingerprint density at radius 3 is 2.43 bits per heavy atom. The molecule has 0 aromatic carbocycles. The molecule has 0 radical (unpaired) electrons. The van der Waals surface area contributed by atoms with E-state index in [4.69, 9.17) is 5.73 Å². The first kappa shape index (κ1) is 13.7. The molecule has 2 N–H and O–H groups in total. The molecular formula is C8H11ClF3NS. The van der Waals surface area contributed by atoms with Gasteiger partial charge in [0.2, 0.25) is 0 Å².